The molecule has 0 bridgehead atoms. The summed E-state index contributed by atoms with van der Waals surface area (Å²) in [6, 6.07) is 1.99. The summed E-state index contributed by atoms with van der Waals surface area (Å²) in [6.07, 6.45) is 9.29. The van der Waals surface area contributed by atoms with E-state index >= 15 is 0 Å². The first-order valence-electron chi connectivity index (χ1n) is 8.28. The molecular weight excluding hydrogens is 382 g/mol. The predicted molar refractivity (Wildman–Crippen MR) is 105 cm³/mol. The molecule has 27 heavy (non-hydrogen) atoms. The number of nitrogens with one attached hydrogen (secondary N) is 3. The molecule has 0 amide bonds. The molecule has 5 rings (SSSR count). The molecule has 0 spiro atoms. The van der Waals surface area contributed by atoms with E-state index in [2.05, 4.69) is 39.6 Å². The number of hydrazone groups is 1. The third-order valence-electron chi connectivity index (χ3n) is 4.08. The largest absolute Gasteiger partial charge is 0.339 e. The summed E-state index contributed by atoms with van der Waals surface area (Å²) < 4.78 is 6.39. The Bertz CT molecular complexity index is 1110. The SMILES string of the molecule is Cc1cc(Nc2nc(Sc3ncc[nH]3)cn3c(C4C=NNC4)cnc23)sn1. The maximum atomic E-state index is 4.76. The van der Waals surface area contributed by atoms with Crippen molar-refractivity contribution in [1.29, 1.82) is 0 Å². The Hall–Kier alpha value is -2.92. The van der Waals surface area contributed by atoms with E-state index in [9.17, 15) is 0 Å². The van der Waals surface area contributed by atoms with Crippen LogP contribution in [0.4, 0.5) is 10.8 Å². The second-order valence-corrected chi connectivity index (χ2v) is 7.82. The molecule has 11 heteroatoms. The summed E-state index contributed by atoms with van der Waals surface area (Å²) >= 11 is 2.87. The van der Waals surface area contributed by atoms with Crippen molar-refractivity contribution in [2.24, 2.45) is 5.10 Å². The maximum absolute atomic E-state index is 4.76. The highest BCUT2D eigenvalue weighted by atomic mass is 32.2. The number of H-pyrrole nitrogens is 1. The first-order valence-corrected chi connectivity index (χ1v) is 9.87. The first kappa shape index (κ1) is 16.3. The Morgan fingerprint density at radius 1 is 1.37 bits per heavy atom. The van der Waals surface area contributed by atoms with Crippen molar-refractivity contribution >= 4 is 46.0 Å². The number of aromatic amines is 1. The van der Waals surface area contributed by atoms with Crippen LogP contribution in [-0.2, 0) is 0 Å². The Balaban J connectivity index is 1.60. The number of hydrogen-bond donors (Lipinski definition) is 3. The lowest BCUT2D eigenvalue weighted by Gasteiger charge is -2.10. The van der Waals surface area contributed by atoms with E-state index in [-0.39, 0.29) is 5.92 Å². The van der Waals surface area contributed by atoms with Crippen LogP contribution in [-0.4, -0.2) is 41.5 Å². The molecular formula is C16H15N9S2. The molecule has 0 saturated carbocycles. The summed E-state index contributed by atoms with van der Waals surface area (Å²) in [4.78, 5) is 16.7. The molecule has 1 unspecified atom stereocenters. The highest BCUT2D eigenvalue weighted by molar-refractivity contribution is 7.99. The zero-order chi connectivity index (χ0) is 18.2. The standard InChI is InChI=1S/C16H15N9S2/c1-9-4-12(27-24-9)22-14-15-19-7-11(10-5-20-21-6-10)25(15)8-13(23-14)26-16-17-2-3-18-16/h2-5,7-8,10,21H,6H2,1H3,(H,17,18)(H,22,23). The Kier molecular flexibility index (Phi) is 4.02. The van der Waals surface area contributed by atoms with Gasteiger partial charge in [-0.05, 0) is 36.3 Å². The van der Waals surface area contributed by atoms with Gasteiger partial charge < -0.3 is 15.7 Å². The van der Waals surface area contributed by atoms with Gasteiger partial charge in [0.1, 0.15) is 10.0 Å². The third-order valence-corrected chi connectivity index (χ3v) is 5.70. The molecule has 4 aromatic rings. The van der Waals surface area contributed by atoms with Crippen molar-refractivity contribution < 1.29 is 0 Å². The van der Waals surface area contributed by atoms with E-state index in [1.165, 1.54) is 23.3 Å². The van der Waals surface area contributed by atoms with E-state index in [1.54, 1.807) is 12.4 Å². The highest BCUT2D eigenvalue weighted by Crippen LogP contribution is 2.30. The monoisotopic (exact) mass is 397 g/mol. The van der Waals surface area contributed by atoms with Gasteiger partial charge >= 0.3 is 0 Å². The fraction of sp³-hybridized carbons (Fsp3) is 0.188. The number of nitrogens with zero attached hydrogens (tertiary/aromatic N) is 6. The van der Waals surface area contributed by atoms with Crippen molar-refractivity contribution in [3.8, 4) is 0 Å². The van der Waals surface area contributed by atoms with Crippen LogP contribution >= 0.6 is 23.3 Å². The van der Waals surface area contributed by atoms with Crippen molar-refractivity contribution in [3.05, 3.63) is 42.2 Å². The maximum Gasteiger partial charge on any atom is 0.180 e. The number of imidazole rings is 2. The molecule has 4 aromatic heterocycles. The van der Waals surface area contributed by atoms with Crippen molar-refractivity contribution in [2.75, 3.05) is 11.9 Å². The quantitative estimate of drug-likeness (QED) is 0.475. The zero-order valence-electron chi connectivity index (χ0n) is 14.2. The summed E-state index contributed by atoms with van der Waals surface area (Å²) in [5.74, 6) is 0.853. The topological polar surface area (TPSA) is 108 Å². The molecule has 3 N–H and O–H groups in total. The number of rotatable bonds is 5. The molecule has 0 fully saturated rings. The molecule has 5 heterocycles. The minimum atomic E-state index is 0.169. The molecule has 0 saturated heterocycles. The van der Waals surface area contributed by atoms with Crippen LogP contribution in [0.15, 0.2) is 46.1 Å². The van der Waals surface area contributed by atoms with Gasteiger partial charge in [0.25, 0.3) is 0 Å². The van der Waals surface area contributed by atoms with Gasteiger partial charge in [0.2, 0.25) is 0 Å². The Morgan fingerprint density at radius 3 is 3.07 bits per heavy atom. The lowest BCUT2D eigenvalue weighted by Crippen LogP contribution is -2.11. The second-order valence-electron chi connectivity index (χ2n) is 6.01. The van der Waals surface area contributed by atoms with Gasteiger partial charge in [-0.1, -0.05) is 0 Å². The molecule has 1 atom stereocenters. The van der Waals surface area contributed by atoms with Crippen LogP contribution in [0.5, 0.6) is 0 Å². The Morgan fingerprint density at radius 2 is 2.33 bits per heavy atom. The van der Waals surface area contributed by atoms with Gasteiger partial charge in [0, 0.05) is 31.3 Å². The molecule has 1 aliphatic rings. The van der Waals surface area contributed by atoms with E-state index in [0.717, 1.165) is 38.8 Å². The van der Waals surface area contributed by atoms with Crippen LogP contribution < -0.4 is 10.7 Å². The normalized spacial score (nSPS) is 16.1. The fourth-order valence-corrected chi connectivity index (χ4v) is 4.26. The van der Waals surface area contributed by atoms with Crippen LogP contribution in [0.2, 0.25) is 0 Å². The molecule has 0 radical (unpaired) electrons. The summed E-state index contributed by atoms with van der Waals surface area (Å²) in [5, 5.41) is 10.0. The summed E-state index contributed by atoms with van der Waals surface area (Å²) in [6.45, 7) is 2.72. The van der Waals surface area contributed by atoms with Gasteiger partial charge in [-0.2, -0.15) is 9.47 Å². The number of fused-ring (bicyclic) bond motifs is 1. The second kappa shape index (κ2) is 6.67. The number of anilines is 2. The average molecular weight is 397 g/mol. The predicted octanol–water partition coefficient (Wildman–Crippen LogP) is 2.78. The molecule has 1 aliphatic heterocycles. The highest BCUT2D eigenvalue weighted by Gasteiger charge is 2.20. The van der Waals surface area contributed by atoms with E-state index in [1.807, 2.05) is 31.6 Å². The lowest BCUT2D eigenvalue weighted by atomic mass is 10.1. The molecule has 9 nitrogen and oxygen atoms in total. The van der Waals surface area contributed by atoms with E-state index in [4.69, 9.17) is 4.98 Å². The minimum Gasteiger partial charge on any atom is -0.339 e. The number of hydrogen-bond acceptors (Lipinski definition) is 9. The Labute approximate surface area is 162 Å². The fourth-order valence-electron chi connectivity index (χ4n) is 2.86. The van der Waals surface area contributed by atoms with E-state index in [0.29, 0.717) is 5.82 Å². The summed E-state index contributed by atoms with van der Waals surface area (Å²) in [7, 11) is 0. The molecule has 136 valence electrons. The third kappa shape index (κ3) is 3.15. The zero-order valence-corrected chi connectivity index (χ0v) is 15.9. The van der Waals surface area contributed by atoms with Crippen LogP contribution in [0.3, 0.4) is 0 Å². The molecule has 0 aliphatic carbocycles. The average Bonchev–Trinajstić information content (AvgIpc) is 3.42. The number of aryl methyl sites for hydroxylation is 1. The van der Waals surface area contributed by atoms with Crippen molar-refractivity contribution in [2.45, 2.75) is 23.0 Å². The lowest BCUT2D eigenvalue weighted by molar-refractivity contribution is 0.745. The van der Waals surface area contributed by atoms with Gasteiger partial charge in [0.05, 0.1) is 23.5 Å². The smallest absolute Gasteiger partial charge is 0.180 e. The van der Waals surface area contributed by atoms with Gasteiger partial charge in [0.15, 0.2) is 16.6 Å². The van der Waals surface area contributed by atoms with Gasteiger partial charge in [-0.15, -0.1) is 0 Å². The first-order chi connectivity index (χ1) is 13.3. The molecule has 0 aromatic carbocycles. The van der Waals surface area contributed by atoms with Crippen molar-refractivity contribution in [1.82, 2.24) is 34.1 Å². The summed E-state index contributed by atoms with van der Waals surface area (Å²) in [5.41, 5.74) is 5.80. The minimum absolute atomic E-state index is 0.169. The van der Waals surface area contributed by atoms with Gasteiger partial charge in [-0.3, -0.25) is 4.40 Å². The number of aromatic nitrogens is 6. The van der Waals surface area contributed by atoms with Crippen LogP contribution in [0.25, 0.3) is 5.65 Å². The van der Waals surface area contributed by atoms with Crippen LogP contribution in [0.1, 0.15) is 17.3 Å². The van der Waals surface area contributed by atoms with E-state index < -0.39 is 0 Å². The van der Waals surface area contributed by atoms with Crippen LogP contribution in [0, 0.1) is 6.92 Å². The van der Waals surface area contributed by atoms with Gasteiger partial charge in [-0.25, -0.2) is 15.0 Å². The van der Waals surface area contributed by atoms with Crippen molar-refractivity contribution in [3.63, 3.8) is 0 Å².